The smallest absolute Gasteiger partial charge is 0.255 e. The summed E-state index contributed by atoms with van der Waals surface area (Å²) in [5, 5.41) is 3.66. The number of aryl methyl sites for hydroxylation is 1. The number of halogens is 2. The van der Waals surface area contributed by atoms with Crippen molar-refractivity contribution in [1.82, 2.24) is 10.2 Å². The van der Waals surface area contributed by atoms with Gasteiger partial charge in [0.05, 0.1) is 6.04 Å². The van der Waals surface area contributed by atoms with Gasteiger partial charge in [-0.25, -0.2) is 0 Å². The minimum Gasteiger partial charge on any atom is -0.318 e. The second-order valence-corrected chi connectivity index (χ2v) is 7.87. The number of benzene rings is 1. The van der Waals surface area contributed by atoms with E-state index in [1.165, 1.54) is 0 Å². The van der Waals surface area contributed by atoms with Crippen LogP contribution in [0.4, 0.5) is 0 Å². The summed E-state index contributed by atoms with van der Waals surface area (Å²) in [4.78, 5) is 15.3. The number of carbonyl (C=O) groups is 1. The number of amides is 1. The number of hydrogen-bond donors (Lipinski definition) is 3. The van der Waals surface area contributed by atoms with Gasteiger partial charge in [-0.15, -0.1) is 24.8 Å². The molecule has 1 heterocycles. The van der Waals surface area contributed by atoms with Gasteiger partial charge in [0.1, 0.15) is 5.66 Å². The van der Waals surface area contributed by atoms with Crippen molar-refractivity contribution in [3.05, 3.63) is 34.9 Å². The van der Waals surface area contributed by atoms with Crippen LogP contribution in [-0.2, 0) is 0 Å². The van der Waals surface area contributed by atoms with Gasteiger partial charge in [0, 0.05) is 23.9 Å². The zero-order valence-corrected chi connectivity index (χ0v) is 19.4. The van der Waals surface area contributed by atoms with E-state index in [-0.39, 0.29) is 42.0 Å². The summed E-state index contributed by atoms with van der Waals surface area (Å²) in [6, 6.07) is 5.91. The molecule has 27 heavy (non-hydrogen) atoms. The van der Waals surface area contributed by atoms with Gasteiger partial charge < -0.3 is 16.0 Å². The molecule has 0 bridgehead atoms. The van der Waals surface area contributed by atoms with Gasteiger partial charge in [0.15, 0.2) is 0 Å². The molecule has 3 unspecified atom stereocenters. The normalized spacial score (nSPS) is 23.2. The fourth-order valence-corrected chi connectivity index (χ4v) is 4.12. The number of thiol groups is 1. The average Bonchev–Trinajstić information content (AvgIpc) is 2.61. The summed E-state index contributed by atoms with van der Waals surface area (Å²) in [7, 11) is 0. The van der Waals surface area contributed by atoms with Crippen molar-refractivity contribution in [3.8, 4) is 0 Å². The molecule has 4 nitrogen and oxygen atoms in total. The van der Waals surface area contributed by atoms with E-state index in [0.717, 1.165) is 48.9 Å². The maximum Gasteiger partial charge on any atom is 0.255 e. The molecule has 1 fully saturated rings. The van der Waals surface area contributed by atoms with Crippen molar-refractivity contribution in [2.24, 2.45) is 5.73 Å². The van der Waals surface area contributed by atoms with Crippen LogP contribution >= 0.6 is 37.4 Å². The predicted molar refractivity (Wildman–Crippen MR) is 123 cm³/mol. The van der Waals surface area contributed by atoms with E-state index in [0.29, 0.717) is 6.54 Å². The molecular formula is C20H35Cl2N3OS. The molecule has 7 heteroatoms. The topological polar surface area (TPSA) is 58.4 Å². The second-order valence-electron chi connectivity index (χ2n) is 7.21. The molecule has 2 rings (SSSR count). The average molecular weight is 436 g/mol. The lowest BCUT2D eigenvalue weighted by atomic mass is 9.86. The molecule has 156 valence electrons. The summed E-state index contributed by atoms with van der Waals surface area (Å²) in [5.74, 6) is 0.0444. The summed E-state index contributed by atoms with van der Waals surface area (Å²) >= 11 is 4.76. The van der Waals surface area contributed by atoms with Crippen LogP contribution in [0.5, 0.6) is 0 Å². The first-order valence-electron chi connectivity index (χ1n) is 9.45. The van der Waals surface area contributed by atoms with Crippen LogP contribution in [-0.4, -0.2) is 40.9 Å². The van der Waals surface area contributed by atoms with E-state index < -0.39 is 5.66 Å². The highest BCUT2D eigenvalue weighted by Crippen LogP contribution is 2.31. The summed E-state index contributed by atoms with van der Waals surface area (Å²) < 4.78 is 0. The molecule has 1 aliphatic rings. The van der Waals surface area contributed by atoms with Crippen molar-refractivity contribution in [1.29, 1.82) is 0 Å². The second kappa shape index (κ2) is 11.5. The first-order valence-corrected chi connectivity index (χ1v) is 9.97. The van der Waals surface area contributed by atoms with Crippen LogP contribution in [0.25, 0.3) is 0 Å². The van der Waals surface area contributed by atoms with Gasteiger partial charge in [-0.05, 0) is 50.3 Å². The van der Waals surface area contributed by atoms with Crippen molar-refractivity contribution in [2.75, 3.05) is 13.1 Å². The summed E-state index contributed by atoms with van der Waals surface area (Å²) in [6.07, 6.45) is 3.75. The number of carbonyl (C=O) groups excluding carboxylic acids is 1. The maximum absolute atomic E-state index is 13.4. The quantitative estimate of drug-likeness (QED) is 0.588. The summed E-state index contributed by atoms with van der Waals surface area (Å²) in [6.45, 7) is 9.71. The third-order valence-corrected chi connectivity index (χ3v) is 6.22. The van der Waals surface area contributed by atoms with Gasteiger partial charge in [-0.3, -0.25) is 4.79 Å². The van der Waals surface area contributed by atoms with E-state index in [1.807, 2.05) is 36.9 Å². The number of rotatable bonds is 6. The fraction of sp³-hybridized carbons (Fsp3) is 0.650. The van der Waals surface area contributed by atoms with Crippen LogP contribution in [0.1, 0.15) is 61.0 Å². The van der Waals surface area contributed by atoms with Crippen LogP contribution in [0.2, 0.25) is 0 Å². The molecule has 1 aromatic carbocycles. The fourth-order valence-electron chi connectivity index (χ4n) is 3.76. The first kappa shape index (κ1) is 26.5. The van der Waals surface area contributed by atoms with Crippen molar-refractivity contribution < 1.29 is 4.79 Å². The highest BCUT2D eigenvalue weighted by Gasteiger charge is 2.47. The molecule has 1 amide bonds. The van der Waals surface area contributed by atoms with E-state index in [4.69, 9.17) is 18.4 Å². The molecule has 0 radical (unpaired) electrons. The molecule has 1 aromatic rings. The van der Waals surface area contributed by atoms with Crippen molar-refractivity contribution in [3.63, 3.8) is 0 Å². The Morgan fingerprint density at radius 3 is 2.63 bits per heavy atom. The molecule has 0 spiro atoms. The number of nitrogens with zero attached hydrogens (tertiary/aromatic N) is 1. The van der Waals surface area contributed by atoms with E-state index >= 15 is 0 Å². The number of unbranched alkanes of at least 4 members (excludes halogenated alkanes) is 1. The van der Waals surface area contributed by atoms with E-state index in [9.17, 15) is 4.79 Å². The Kier molecular flexibility index (Phi) is 11.3. The highest BCUT2D eigenvalue weighted by atomic mass is 35.5. The number of nitrogens with one attached hydrogen (secondary N) is 1. The molecule has 0 aromatic heterocycles. The van der Waals surface area contributed by atoms with Gasteiger partial charge in [0.2, 0.25) is 0 Å². The first-order chi connectivity index (χ1) is 11.9. The van der Waals surface area contributed by atoms with Gasteiger partial charge in [-0.2, -0.15) is 12.6 Å². The molecule has 0 saturated carbocycles. The van der Waals surface area contributed by atoms with Gasteiger partial charge in [-0.1, -0.05) is 32.4 Å². The molecule has 3 N–H and O–H groups in total. The Bertz CT molecular complexity index is 617. The number of nitrogens with two attached hydrogens (primary N) is 1. The minimum atomic E-state index is -0.704. The highest BCUT2D eigenvalue weighted by molar-refractivity contribution is 7.81. The Hall–Kier alpha value is -0.460. The molecular weight excluding hydrogens is 401 g/mol. The lowest BCUT2D eigenvalue weighted by Gasteiger charge is -2.52. The van der Waals surface area contributed by atoms with Crippen molar-refractivity contribution >= 4 is 43.4 Å². The SMILES string of the molecule is CCCCC1(N)C(C(S)CC)NCCN1C(=O)c1cccc(C)c1C.Cl.Cl. The third-order valence-electron chi connectivity index (χ3n) is 5.55. The monoisotopic (exact) mass is 435 g/mol. The van der Waals surface area contributed by atoms with E-state index in [1.54, 1.807) is 0 Å². The Morgan fingerprint density at radius 1 is 1.37 bits per heavy atom. The maximum atomic E-state index is 13.4. The lowest BCUT2D eigenvalue weighted by Crippen LogP contribution is -2.75. The molecule has 1 aliphatic heterocycles. The molecule has 3 atom stereocenters. The number of piperazine rings is 1. The standard InChI is InChI=1S/C20H33N3OS.2ClH/c1-5-7-11-20(21)18(17(25)6-2)22-12-13-23(20)19(24)16-10-8-9-14(3)15(16)4;;/h8-10,17-18,22,25H,5-7,11-13,21H2,1-4H3;2*1H. The minimum absolute atomic E-state index is 0. The van der Waals surface area contributed by atoms with Crippen LogP contribution in [0.15, 0.2) is 18.2 Å². The van der Waals surface area contributed by atoms with Gasteiger partial charge >= 0.3 is 0 Å². The lowest BCUT2D eigenvalue weighted by molar-refractivity contribution is 0.0142. The van der Waals surface area contributed by atoms with Crippen molar-refractivity contribution in [2.45, 2.75) is 70.3 Å². The summed E-state index contributed by atoms with van der Waals surface area (Å²) in [5.41, 5.74) is 9.16. The van der Waals surface area contributed by atoms with Crippen LogP contribution < -0.4 is 11.1 Å². The molecule has 1 saturated heterocycles. The Morgan fingerprint density at radius 2 is 2.04 bits per heavy atom. The Labute approximate surface area is 182 Å². The van der Waals surface area contributed by atoms with E-state index in [2.05, 4.69) is 19.2 Å². The molecule has 0 aliphatic carbocycles. The van der Waals surface area contributed by atoms with Gasteiger partial charge in [0.25, 0.3) is 5.91 Å². The largest absolute Gasteiger partial charge is 0.318 e. The third kappa shape index (κ3) is 5.54. The zero-order valence-electron chi connectivity index (χ0n) is 16.8. The zero-order chi connectivity index (χ0) is 18.6. The van der Waals surface area contributed by atoms with Crippen LogP contribution in [0, 0.1) is 13.8 Å². The van der Waals surface area contributed by atoms with Crippen LogP contribution in [0.3, 0.4) is 0 Å². The Balaban J connectivity index is 0.00000338. The predicted octanol–water partition coefficient (Wildman–Crippen LogP) is 4.11. The number of hydrogen-bond acceptors (Lipinski definition) is 4.